The summed E-state index contributed by atoms with van der Waals surface area (Å²) in [5, 5.41) is 10.7. The first-order valence-electron chi connectivity index (χ1n) is 12.8. The number of hydrogen-bond acceptors (Lipinski definition) is 3. The molecule has 0 bridgehead atoms. The molecule has 3 heteroatoms. The lowest BCUT2D eigenvalue weighted by Crippen LogP contribution is -2.55. The molecule has 170 valence electrons. The smallest absolute Gasteiger partial charge is 0.0505 e. The van der Waals surface area contributed by atoms with Crippen LogP contribution in [-0.4, -0.2) is 35.2 Å². The van der Waals surface area contributed by atoms with Crippen molar-refractivity contribution in [3.05, 3.63) is 0 Å². The van der Waals surface area contributed by atoms with E-state index in [2.05, 4.69) is 41.5 Å². The maximum Gasteiger partial charge on any atom is 0.0505 e. The van der Waals surface area contributed by atoms with Crippen molar-refractivity contribution in [1.29, 1.82) is 0 Å². The summed E-state index contributed by atoms with van der Waals surface area (Å²) in [5.74, 6) is 3.81. The Labute approximate surface area is 185 Å². The molecule has 9 atom stereocenters. The molecule has 0 amide bonds. The van der Waals surface area contributed by atoms with E-state index in [4.69, 9.17) is 9.98 Å². The molecule has 4 fully saturated rings. The zero-order valence-electron chi connectivity index (χ0n) is 20.5. The second-order valence-corrected chi connectivity index (χ2v) is 12.1. The molecule has 4 aliphatic carbocycles. The highest BCUT2D eigenvalue weighted by Gasteiger charge is 2.62. The molecular weight excluding hydrogens is 368 g/mol. The van der Waals surface area contributed by atoms with Gasteiger partial charge in [-0.05, 0) is 127 Å². The minimum Gasteiger partial charge on any atom is -0.396 e. The summed E-state index contributed by atoms with van der Waals surface area (Å²) >= 11 is 0. The lowest BCUT2D eigenvalue weighted by molar-refractivity contribution is -0.130. The average Bonchev–Trinajstić information content (AvgIpc) is 3.07. The van der Waals surface area contributed by atoms with E-state index in [0.29, 0.717) is 35.9 Å². The molecule has 0 saturated heterocycles. The normalized spacial score (nSPS) is 46.2. The molecule has 0 radical (unpaired) electrons. The van der Waals surface area contributed by atoms with E-state index in [1.165, 1.54) is 69.2 Å². The topological polar surface area (TPSA) is 45.0 Å². The van der Waals surface area contributed by atoms with E-state index < -0.39 is 0 Å². The second kappa shape index (κ2) is 8.34. The Kier molecular flexibility index (Phi) is 6.25. The Balaban J connectivity index is 1.56. The van der Waals surface area contributed by atoms with Gasteiger partial charge in [0.1, 0.15) is 0 Å². The van der Waals surface area contributed by atoms with Crippen LogP contribution in [0.15, 0.2) is 9.98 Å². The first kappa shape index (κ1) is 22.5. The third-order valence-electron chi connectivity index (χ3n) is 10.2. The van der Waals surface area contributed by atoms with E-state index in [1.807, 2.05) is 0 Å². The molecule has 4 saturated carbocycles. The summed E-state index contributed by atoms with van der Waals surface area (Å²) in [5.41, 5.74) is 3.06. The minimum absolute atomic E-state index is 0.129. The van der Waals surface area contributed by atoms with Gasteiger partial charge in [-0.15, -0.1) is 0 Å². The maximum absolute atomic E-state index is 10.7. The van der Waals surface area contributed by atoms with Crippen LogP contribution in [-0.2, 0) is 0 Å². The van der Waals surface area contributed by atoms with Crippen LogP contribution in [0, 0.1) is 40.4 Å². The van der Waals surface area contributed by atoms with E-state index in [1.54, 1.807) is 0 Å². The number of rotatable bonds is 4. The van der Waals surface area contributed by atoms with E-state index >= 15 is 0 Å². The molecule has 30 heavy (non-hydrogen) atoms. The number of aliphatic hydroxyl groups excluding tert-OH is 1. The molecule has 1 N–H and O–H groups in total. The van der Waals surface area contributed by atoms with Crippen molar-refractivity contribution >= 4 is 11.4 Å². The SMILES string of the molecule is CC(C)=NC1CCC2(C)C(CCC3C2CCC2(CO)C(C(C)N=C(C)C)CCC32)C1. The van der Waals surface area contributed by atoms with Gasteiger partial charge in [0.2, 0.25) is 0 Å². The fourth-order valence-corrected chi connectivity index (χ4v) is 9.10. The quantitative estimate of drug-likeness (QED) is 0.536. The van der Waals surface area contributed by atoms with Crippen LogP contribution in [0.2, 0.25) is 0 Å². The number of nitrogens with zero attached hydrogens (tertiary/aromatic N) is 2. The van der Waals surface area contributed by atoms with Crippen molar-refractivity contribution in [3.63, 3.8) is 0 Å². The summed E-state index contributed by atoms with van der Waals surface area (Å²) < 4.78 is 0. The number of fused-ring (bicyclic) bond motifs is 5. The molecule has 0 heterocycles. The van der Waals surface area contributed by atoms with Gasteiger partial charge in [0.25, 0.3) is 0 Å². The van der Waals surface area contributed by atoms with Crippen molar-refractivity contribution in [2.24, 2.45) is 50.4 Å². The largest absolute Gasteiger partial charge is 0.396 e. The summed E-state index contributed by atoms with van der Waals surface area (Å²) in [4.78, 5) is 9.92. The molecule has 0 spiro atoms. The maximum atomic E-state index is 10.7. The van der Waals surface area contributed by atoms with Crippen molar-refractivity contribution in [2.45, 2.75) is 111 Å². The average molecular weight is 415 g/mol. The molecule has 4 rings (SSSR count). The van der Waals surface area contributed by atoms with Gasteiger partial charge in [-0.25, -0.2) is 0 Å². The molecule has 0 aromatic rings. The summed E-state index contributed by atoms with van der Waals surface area (Å²) in [7, 11) is 0. The summed E-state index contributed by atoms with van der Waals surface area (Å²) in [6.07, 6.45) is 11.8. The Bertz CT molecular complexity index is 691. The second-order valence-electron chi connectivity index (χ2n) is 12.1. The molecule has 0 aliphatic heterocycles. The van der Waals surface area contributed by atoms with Crippen molar-refractivity contribution in [1.82, 2.24) is 0 Å². The van der Waals surface area contributed by atoms with Crippen LogP contribution in [0.5, 0.6) is 0 Å². The molecular formula is C27H46N2O. The van der Waals surface area contributed by atoms with E-state index in [-0.39, 0.29) is 5.41 Å². The highest BCUT2D eigenvalue weighted by atomic mass is 16.3. The van der Waals surface area contributed by atoms with Gasteiger partial charge in [-0.1, -0.05) is 6.92 Å². The molecule has 4 aliphatic rings. The minimum atomic E-state index is 0.129. The third kappa shape index (κ3) is 3.61. The molecule has 0 aromatic carbocycles. The standard InChI is InChI=1S/C27H46N2O/c1-17(2)28-19(5)23-9-10-25-22-8-7-20-15-21(29-18(3)4)11-13-26(20,6)24(22)12-14-27(23,25)16-30/h19-25,30H,7-16H2,1-6H3. The predicted molar refractivity (Wildman–Crippen MR) is 127 cm³/mol. The van der Waals surface area contributed by atoms with E-state index in [9.17, 15) is 5.11 Å². The van der Waals surface area contributed by atoms with Crippen LogP contribution < -0.4 is 0 Å². The van der Waals surface area contributed by atoms with Gasteiger partial charge >= 0.3 is 0 Å². The predicted octanol–water partition coefficient (Wildman–Crippen LogP) is 6.34. The first-order chi connectivity index (χ1) is 14.2. The van der Waals surface area contributed by atoms with Gasteiger partial charge in [0.15, 0.2) is 0 Å². The fraction of sp³-hybridized carbons (Fsp3) is 0.926. The highest BCUT2D eigenvalue weighted by Crippen LogP contribution is 2.68. The summed E-state index contributed by atoms with van der Waals surface area (Å²) in [6, 6.07) is 0.915. The number of aliphatic hydroxyl groups is 1. The molecule has 3 nitrogen and oxygen atoms in total. The summed E-state index contributed by atoms with van der Waals surface area (Å²) in [6.45, 7) is 13.9. The van der Waals surface area contributed by atoms with Crippen LogP contribution in [0.3, 0.4) is 0 Å². The molecule has 0 aromatic heterocycles. The monoisotopic (exact) mass is 414 g/mol. The third-order valence-corrected chi connectivity index (χ3v) is 10.2. The van der Waals surface area contributed by atoms with Crippen LogP contribution in [0.25, 0.3) is 0 Å². The van der Waals surface area contributed by atoms with Gasteiger partial charge in [-0.2, -0.15) is 0 Å². The first-order valence-corrected chi connectivity index (χ1v) is 12.8. The van der Waals surface area contributed by atoms with Crippen molar-refractivity contribution < 1.29 is 5.11 Å². The van der Waals surface area contributed by atoms with Crippen LogP contribution >= 0.6 is 0 Å². The Morgan fingerprint density at radius 3 is 2.37 bits per heavy atom. The van der Waals surface area contributed by atoms with Crippen molar-refractivity contribution in [2.75, 3.05) is 6.61 Å². The van der Waals surface area contributed by atoms with Gasteiger partial charge < -0.3 is 5.11 Å². The van der Waals surface area contributed by atoms with Gasteiger partial charge in [0.05, 0.1) is 12.1 Å². The van der Waals surface area contributed by atoms with Gasteiger partial charge in [0, 0.05) is 23.4 Å². The van der Waals surface area contributed by atoms with Crippen LogP contribution in [0.4, 0.5) is 0 Å². The lowest BCUT2D eigenvalue weighted by Gasteiger charge is -2.61. The Morgan fingerprint density at radius 2 is 1.70 bits per heavy atom. The Morgan fingerprint density at radius 1 is 0.933 bits per heavy atom. The zero-order valence-corrected chi connectivity index (χ0v) is 20.5. The lowest BCUT2D eigenvalue weighted by atomic mass is 9.44. The fourth-order valence-electron chi connectivity index (χ4n) is 9.10. The van der Waals surface area contributed by atoms with Gasteiger partial charge in [-0.3, -0.25) is 9.98 Å². The number of aliphatic imine (C=N–C) groups is 2. The zero-order chi connectivity index (χ0) is 21.7. The molecule has 9 unspecified atom stereocenters. The highest BCUT2D eigenvalue weighted by molar-refractivity contribution is 5.79. The van der Waals surface area contributed by atoms with Crippen molar-refractivity contribution in [3.8, 4) is 0 Å². The van der Waals surface area contributed by atoms with E-state index in [0.717, 1.165) is 17.8 Å². The number of hydrogen-bond donors (Lipinski definition) is 1. The Hall–Kier alpha value is -0.700. The van der Waals surface area contributed by atoms with Crippen LogP contribution in [0.1, 0.15) is 99.3 Å².